The maximum atomic E-state index is 11.8. The second kappa shape index (κ2) is 5.13. The Labute approximate surface area is 122 Å². The van der Waals surface area contributed by atoms with Gasteiger partial charge in [-0.05, 0) is 29.5 Å². The van der Waals surface area contributed by atoms with Gasteiger partial charge in [0.05, 0.1) is 23.9 Å². The monoisotopic (exact) mass is 317 g/mol. The fourth-order valence-corrected chi connectivity index (χ4v) is 3.08. The summed E-state index contributed by atoms with van der Waals surface area (Å²) in [5.41, 5.74) is 0.592. The van der Waals surface area contributed by atoms with E-state index in [1.807, 2.05) is 0 Å². The van der Waals surface area contributed by atoms with E-state index >= 15 is 0 Å². The molecule has 0 N–H and O–H groups in total. The minimum atomic E-state index is -0.0939. The predicted octanol–water partition coefficient (Wildman–Crippen LogP) is 2.24. The summed E-state index contributed by atoms with van der Waals surface area (Å²) in [6, 6.07) is 5.07. The molecule has 1 aliphatic rings. The van der Waals surface area contributed by atoms with Crippen LogP contribution in [0.2, 0.25) is 10.0 Å². The zero-order chi connectivity index (χ0) is 13.4. The largest absolute Gasteiger partial charge is 0.357 e. The lowest BCUT2D eigenvalue weighted by Gasteiger charge is -2.16. The molecule has 1 aromatic heterocycles. The van der Waals surface area contributed by atoms with Crippen molar-refractivity contribution in [3.05, 3.63) is 42.7 Å². The number of hydrogen-bond acceptors (Lipinski definition) is 4. The first-order chi connectivity index (χ1) is 9.15. The average molecular weight is 318 g/mol. The van der Waals surface area contributed by atoms with E-state index in [-0.39, 0.29) is 11.6 Å². The van der Waals surface area contributed by atoms with Gasteiger partial charge < -0.3 is 4.74 Å². The standard InChI is InChI=1S/C11H9Cl2N3O2S/c12-7-1-2-9(8(13)5-7)14-10-15-3-4-18-6-16(15)11(17)19-10/h1-2,5H,3-4,6H2. The van der Waals surface area contributed by atoms with Gasteiger partial charge in [-0.2, -0.15) is 0 Å². The molecule has 0 unspecified atom stereocenters. The van der Waals surface area contributed by atoms with Crippen molar-refractivity contribution in [2.45, 2.75) is 13.3 Å². The summed E-state index contributed by atoms with van der Waals surface area (Å²) >= 11 is 13.0. The first kappa shape index (κ1) is 12.9. The molecule has 100 valence electrons. The van der Waals surface area contributed by atoms with Gasteiger partial charge in [0.25, 0.3) is 0 Å². The van der Waals surface area contributed by atoms with Crippen LogP contribution < -0.4 is 9.67 Å². The van der Waals surface area contributed by atoms with Crippen molar-refractivity contribution in [3.63, 3.8) is 0 Å². The SMILES string of the molecule is O=c1sc(=Nc2ccc(Cl)cc2Cl)n2n1COCC2. The van der Waals surface area contributed by atoms with Gasteiger partial charge in [0.2, 0.25) is 4.80 Å². The van der Waals surface area contributed by atoms with E-state index in [0.29, 0.717) is 33.7 Å². The van der Waals surface area contributed by atoms with Crippen molar-refractivity contribution >= 4 is 40.2 Å². The molecule has 0 saturated carbocycles. The van der Waals surface area contributed by atoms with Gasteiger partial charge in [-0.3, -0.25) is 9.48 Å². The van der Waals surface area contributed by atoms with Crippen molar-refractivity contribution in [2.75, 3.05) is 6.61 Å². The van der Waals surface area contributed by atoms with E-state index < -0.39 is 0 Å². The van der Waals surface area contributed by atoms with Crippen LogP contribution in [-0.4, -0.2) is 16.0 Å². The molecule has 8 heteroatoms. The lowest BCUT2D eigenvalue weighted by Crippen LogP contribution is -2.34. The molecule has 3 rings (SSSR count). The summed E-state index contributed by atoms with van der Waals surface area (Å²) in [6.45, 7) is 1.43. The average Bonchev–Trinajstić information content (AvgIpc) is 2.71. The van der Waals surface area contributed by atoms with Crippen LogP contribution in [0.15, 0.2) is 28.0 Å². The second-order valence-corrected chi connectivity index (χ2v) is 5.68. The van der Waals surface area contributed by atoms with Crippen molar-refractivity contribution in [1.29, 1.82) is 0 Å². The molecule has 0 bridgehead atoms. The van der Waals surface area contributed by atoms with Crippen molar-refractivity contribution in [2.24, 2.45) is 4.99 Å². The zero-order valence-corrected chi connectivity index (χ0v) is 12.0. The highest BCUT2D eigenvalue weighted by molar-refractivity contribution is 7.06. The summed E-state index contributed by atoms with van der Waals surface area (Å²) in [7, 11) is 0. The maximum absolute atomic E-state index is 11.8. The quantitative estimate of drug-likeness (QED) is 0.810. The molecule has 1 aliphatic heterocycles. The smallest absolute Gasteiger partial charge is 0.327 e. The summed E-state index contributed by atoms with van der Waals surface area (Å²) in [6.07, 6.45) is 0. The summed E-state index contributed by atoms with van der Waals surface area (Å²) in [5.74, 6) is 0. The molecule has 0 amide bonds. The van der Waals surface area contributed by atoms with Gasteiger partial charge in [0.1, 0.15) is 6.73 Å². The Bertz CT molecular complexity index is 747. The molecular weight excluding hydrogens is 309 g/mol. The number of ether oxygens (including phenoxy) is 1. The van der Waals surface area contributed by atoms with Crippen LogP contribution in [0, 0.1) is 0 Å². The molecule has 0 radical (unpaired) electrons. The van der Waals surface area contributed by atoms with Crippen LogP contribution in [0.3, 0.4) is 0 Å². The number of aromatic nitrogens is 2. The van der Waals surface area contributed by atoms with E-state index in [0.717, 1.165) is 11.3 Å². The molecule has 2 aromatic rings. The zero-order valence-electron chi connectivity index (χ0n) is 9.68. The predicted molar refractivity (Wildman–Crippen MR) is 74.2 cm³/mol. The molecule has 19 heavy (non-hydrogen) atoms. The number of nitrogens with zero attached hydrogens (tertiary/aromatic N) is 3. The minimum Gasteiger partial charge on any atom is -0.357 e. The molecule has 0 fully saturated rings. The van der Waals surface area contributed by atoms with Crippen LogP contribution in [0.1, 0.15) is 0 Å². The lowest BCUT2D eigenvalue weighted by atomic mass is 10.3. The highest BCUT2D eigenvalue weighted by atomic mass is 35.5. The molecule has 0 atom stereocenters. The molecule has 5 nitrogen and oxygen atoms in total. The Kier molecular flexibility index (Phi) is 3.49. The van der Waals surface area contributed by atoms with Gasteiger partial charge in [-0.25, -0.2) is 9.67 Å². The molecule has 0 saturated heterocycles. The highest BCUT2D eigenvalue weighted by Crippen LogP contribution is 2.27. The Balaban J connectivity index is 2.16. The molecule has 0 spiro atoms. The van der Waals surface area contributed by atoms with Crippen LogP contribution in [0.25, 0.3) is 0 Å². The van der Waals surface area contributed by atoms with Crippen LogP contribution in [0.4, 0.5) is 5.69 Å². The molecular formula is C11H9Cl2N3O2S. The van der Waals surface area contributed by atoms with Gasteiger partial charge in [-0.1, -0.05) is 23.2 Å². The van der Waals surface area contributed by atoms with Gasteiger partial charge in [-0.15, -0.1) is 0 Å². The van der Waals surface area contributed by atoms with Gasteiger partial charge in [0.15, 0.2) is 0 Å². The molecule has 1 aromatic carbocycles. The van der Waals surface area contributed by atoms with Crippen LogP contribution in [-0.2, 0) is 18.0 Å². The third-order valence-corrected chi connectivity index (χ3v) is 4.10. The fraction of sp³-hybridized carbons (Fsp3) is 0.273. The number of fused-ring (bicyclic) bond motifs is 1. The molecule has 2 heterocycles. The summed E-state index contributed by atoms with van der Waals surface area (Å²) in [4.78, 5) is 16.7. The minimum absolute atomic E-state index is 0.0939. The third kappa shape index (κ3) is 2.49. The normalized spacial score (nSPS) is 15.6. The number of benzene rings is 1. The number of hydrogen-bond donors (Lipinski definition) is 0. The number of rotatable bonds is 1. The van der Waals surface area contributed by atoms with E-state index in [2.05, 4.69) is 4.99 Å². The second-order valence-electron chi connectivity index (χ2n) is 3.92. The number of halogens is 2. The van der Waals surface area contributed by atoms with Crippen LogP contribution >= 0.6 is 34.5 Å². The van der Waals surface area contributed by atoms with Crippen LogP contribution in [0.5, 0.6) is 0 Å². The Hall–Kier alpha value is -1.08. The summed E-state index contributed by atoms with van der Waals surface area (Å²) in [5, 5.41) is 1.01. The molecule has 0 aliphatic carbocycles. The maximum Gasteiger partial charge on any atom is 0.327 e. The first-order valence-electron chi connectivity index (χ1n) is 5.53. The van der Waals surface area contributed by atoms with E-state index in [1.165, 1.54) is 4.68 Å². The van der Waals surface area contributed by atoms with E-state index in [1.54, 1.807) is 22.9 Å². The highest BCUT2D eigenvalue weighted by Gasteiger charge is 2.13. The van der Waals surface area contributed by atoms with Gasteiger partial charge in [0, 0.05) is 5.02 Å². The van der Waals surface area contributed by atoms with Crippen molar-refractivity contribution < 1.29 is 4.74 Å². The topological polar surface area (TPSA) is 48.5 Å². The summed E-state index contributed by atoms with van der Waals surface area (Å²) < 4.78 is 8.57. The fourth-order valence-electron chi connectivity index (χ4n) is 1.78. The van der Waals surface area contributed by atoms with Crippen molar-refractivity contribution in [3.8, 4) is 0 Å². The Morgan fingerprint density at radius 1 is 1.32 bits per heavy atom. The third-order valence-electron chi connectivity index (χ3n) is 2.69. The van der Waals surface area contributed by atoms with Crippen molar-refractivity contribution in [1.82, 2.24) is 9.36 Å². The Morgan fingerprint density at radius 2 is 2.16 bits per heavy atom. The van der Waals surface area contributed by atoms with Gasteiger partial charge >= 0.3 is 4.87 Å². The first-order valence-corrected chi connectivity index (χ1v) is 7.11. The lowest BCUT2D eigenvalue weighted by molar-refractivity contribution is 0.0116. The van der Waals surface area contributed by atoms with E-state index in [4.69, 9.17) is 27.9 Å². The Morgan fingerprint density at radius 3 is 2.95 bits per heavy atom. The van der Waals surface area contributed by atoms with E-state index in [9.17, 15) is 4.79 Å².